The van der Waals surface area contributed by atoms with Gasteiger partial charge in [0.15, 0.2) is 12.4 Å². The number of nitrogens with zero attached hydrogens (tertiary/aromatic N) is 2. The van der Waals surface area contributed by atoms with Gasteiger partial charge in [-0.3, -0.25) is 4.79 Å². The number of halogens is 3. The normalized spacial score (nSPS) is 19.5. The van der Waals surface area contributed by atoms with Crippen molar-refractivity contribution in [2.24, 2.45) is 0 Å². The molecule has 2 rings (SSSR count). The zero-order chi connectivity index (χ0) is 14.8. The van der Waals surface area contributed by atoms with E-state index < -0.39 is 23.4 Å². The highest BCUT2D eigenvalue weighted by molar-refractivity contribution is 5.79. The SMILES string of the molecule is N#CC1CN(c2ccc(C=O)c(C(F)(F)F)c2)CCO1. The predicted molar refractivity (Wildman–Crippen MR) is 64.4 cm³/mol. The van der Waals surface area contributed by atoms with Crippen molar-refractivity contribution < 1.29 is 22.7 Å². The van der Waals surface area contributed by atoms with Gasteiger partial charge in [0.25, 0.3) is 0 Å². The first-order chi connectivity index (χ1) is 9.45. The van der Waals surface area contributed by atoms with E-state index in [2.05, 4.69) is 0 Å². The highest BCUT2D eigenvalue weighted by Crippen LogP contribution is 2.34. The Kier molecular flexibility index (Phi) is 3.95. The first-order valence-electron chi connectivity index (χ1n) is 5.88. The molecule has 0 radical (unpaired) electrons. The Labute approximate surface area is 113 Å². The van der Waals surface area contributed by atoms with E-state index in [-0.39, 0.29) is 19.4 Å². The van der Waals surface area contributed by atoms with Gasteiger partial charge in [-0.1, -0.05) is 0 Å². The van der Waals surface area contributed by atoms with Crippen LogP contribution in [0.5, 0.6) is 0 Å². The summed E-state index contributed by atoms with van der Waals surface area (Å²) in [4.78, 5) is 12.3. The second kappa shape index (κ2) is 5.51. The van der Waals surface area contributed by atoms with Gasteiger partial charge in [-0.05, 0) is 18.2 Å². The minimum Gasteiger partial charge on any atom is -0.366 e. The van der Waals surface area contributed by atoms with Crippen LogP contribution in [0.1, 0.15) is 15.9 Å². The Bertz CT molecular complexity index is 552. The fraction of sp³-hybridized carbons (Fsp3) is 0.385. The van der Waals surface area contributed by atoms with Crippen molar-refractivity contribution in [2.45, 2.75) is 12.3 Å². The molecule has 20 heavy (non-hydrogen) atoms. The molecule has 1 aliphatic heterocycles. The standard InChI is InChI=1S/C13H11F3N2O2/c14-13(15,16)12-5-10(2-1-9(12)8-19)18-3-4-20-11(6-17)7-18/h1-2,5,8,11H,3-4,7H2. The largest absolute Gasteiger partial charge is 0.417 e. The van der Waals surface area contributed by atoms with Crippen LogP contribution in [0.25, 0.3) is 0 Å². The second-order valence-corrected chi connectivity index (χ2v) is 4.32. The highest BCUT2D eigenvalue weighted by atomic mass is 19.4. The molecule has 1 fully saturated rings. The molecule has 0 aliphatic carbocycles. The van der Waals surface area contributed by atoms with Crippen molar-refractivity contribution in [2.75, 3.05) is 24.6 Å². The Hall–Kier alpha value is -2.07. The minimum atomic E-state index is -4.59. The van der Waals surface area contributed by atoms with Gasteiger partial charge >= 0.3 is 6.18 Å². The Morgan fingerprint density at radius 2 is 2.20 bits per heavy atom. The number of hydrogen-bond donors (Lipinski definition) is 0. The molecule has 4 nitrogen and oxygen atoms in total. The molecule has 0 amide bonds. The lowest BCUT2D eigenvalue weighted by Gasteiger charge is -2.32. The zero-order valence-electron chi connectivity index (χ0n) is 10.4. The fourth-order valence-corrected chi connectivity index (χ4v) is 2.05. The van der Waals surface area contributed by atoms with Gasteiger partial charge in [-0.15, -0.1) is 0 Å². The van der Waals surface area contributed by atoms with Gasteiger partial charge in [0, 0.05) is 17.8 Å². The molecule has 1 atom stereocenters. The molecule has 1 saturated heterocycles. The summed E-state index contributed by atoms with van der Waals surface area (Å²) in [6.45, 7) is 0.874. The summed E-state index contributed by atoms with van der Waals surface area (Å²) >= 11 is 0. The summed E-state index contributed by atoms with van der Waals surface area (Å²) < 4.78 is 43.8. The smallest absolute Gasteiger partial charge is 0.366 e. The molecule has 0 aromatic heterocycles. The number of morpholine rings is 1. The molecule has 0 N–H and O–H groups in total. The molecule has 1 unspecified atom stereocenters. The van der Waals surface area contributed by atoms with E-state index in [9.17, 15) is 18.0 Å². The summed E-state index contributed by atoms with van der Waals surface area (Å²) in [5.41, 5.74) is -1.04. The predicted octanol–water partition coefficient (Wildman–Crippen LogP) is 2.25. The lowest BCUT2D eigenvalue weighted by Crippen LogP contribution is -2.41. The van der Waals surface area contributed by atoms with Gasteiger partial charge in [-0.25, -0.2) is 0 Å². The van der Waals surface area contributed by atoms with E-state index in [0.717, 1.165) is 12.1 Å². The van der Waals surface area contributed by atoms with Gasteiger partial charge in [0.05, 0.1) is 24.8 Å². The number of ether oxygens (including phenoxy) is 1. The van der Waals surface area contributed by atoms with Gasteiger partial charge in [0.2, 0.25) is 0 Å². The molecule has 1 heterocycles. The maximum atomic E-state index is 12.9. The number of hydrogen-bond acceptors (Lipinski definition) is 4. The van der Waals surface area contributed by atoms with Crippen LogP contribution in [-0.2, 0) is 10.9 Å². The number of aldehydes is 1. The van der Waals surface area contributed by atoms with Crippen LogP contribution in [0.15, 0.2) is 18.2 Å². The molecule has 1 aromatic carbocycles. The van der Waals surface area contributed by atoms with Crippen LogP contribution in [0, 0.1) is 11.3 Å². The minimum absolute atomic E-state index is 0.185. The summed E-state index contributed by atoms with van der Waals surface area (Å²) in [7, 11) is 0. The van der Waals surface area contributed by atoms with Gasteiger partial charge in [-0.2, -0.15) is 18.4 Å². The van der Waals surface area contributed by atoms with Crippen LogP contribution >= 0.6 is 0 Å². The van der Waals surface area contributed by atoms with Crippen molar-refractivity contribution in [1.29, 1.82) is 5.26 Å². The molecule has 1 aromatic rings. The van der Waals surface area contributed by atoms with Crippen LogP contribution in [0.4, 0.5) is 18.9 Å². The van der Waals surface area contributed by atoms with E-state index in [1.54, 1.807) is 4.90 Å². The quantitative estimate of drug-likeness (QED) is 0.782. The summed E-state index contributed by atoms with van der Waals surface area (Å²) in [6, 6.07) is 5.45. The maximum Gasteiger partial charge on any atom is 0.417 e. The Balaban J connectivity index is 2.34. The van der Waals surface area contributed by atoms with Crippen molar-refractivity contribution >= 4 is 12.0 Å². The number of carbonyl (C=O) groups is 1. The average Bonchev–Trinajstić information content (AvgIpc) is 2.45. The number of carbonyl (C=O) groups excluding carboxylic acids is 1. The lowest BCUT2D eigenvalue weighted by atomic mass is 10.1. The number of alkyl halides is 3. The average molecular weight is 284 g/mol. The third-order valence-electron chi connectivity index (χ3n) is 3.04. The Morgan fingerprint density at radius 1 is 1.45 bits per heavy atom. The molecule has 0 saturated carbocycles. The Morgan fingerprint density at radius 3 is 2.80 bits per heavy atom. The van der Waals surface area contributed by atoms with Gasteiger partial charge in [0.1, 0.15) is 0 Å². The topological polar surface area (TPSA) is 53.3 Å². The van der Waals surface area contributed by atoms with Crippen LogP contribution in [0.2, 0.25) is 0 Å². The van der Waals surface area contributed by atoms with Gasteiger partial charge < -0.3 is 9.64 Å². The summed E-state index contributed by atoms with van der Waals surface area (Å²) in [5.74, 6) is 0. The number of benzene rings is 1. The van der Waals surface area contributed by atoms with E-state index in [4.69, 9.17) is 10.00 Å². The first-order valence-corrected chi connectivity index (χ1v) is 5.88. The van der Waals surface area contributed by atoms with Crippen LogP contribution in [-0.4, -0.2) is 32.1 Å². The van der Waals surface area contributed by atoms with E-state index >= 15 is 0 Å². The third kappa shape index (κ3) is 2.91. The maximum absolute atomic E-state index is 12.9. The molecular weight excluding hydrogens is 273 g/mol. The van der Waals surface area contributed by atoms with Crippen molar-refractivity contribution in [3.8, 4) is 6.07 Å². The number of anilines is 1. The van der Waals surface area contributed by atoms with Crippen molar-refractivity contribution in [1.82, 2.24) is 0 Å². The monoisotopic (exact) mass is 284 g/mol. The fourth-order valence-electron chi connectivity index (χ4n) is 2.05. The zero-order valence-corrected chi connectivity index (χ0v) is 10.4. The number of nitriles is 1. The van der Waals surface area contributed by atoms with Crippen LogP contribution in [0.3, 0.4) is 0 Å². The van der Waals surface area contributed by atoms with Crippen molar-refractivity contribution in [3.63, 3.8) is 0 Å². The van der Waals surface area contributed by atoms with E-state index in [1.807, 2.05) is 6.07 Å². The molecular formula is C13H11F3N2O2. The summed E-state index contributed by atoms with van der Waals surface area (Å²) in [6.07, 6.45) is -5.07. The molecule has 0 bridgehead atoms. The molecule has 0 spiro atoms. The molecule has 1 aliphatic rings. The summed E-state index contributed by atoms with van der Waals surface area (Å²) in [5, 5.41) is 8.79. The van der Waals surface area contributed by atoms with Crippen molar-refractivity contribution in [3.05, 3.63) is 29.3 Å². The molecule has 7 heteroatoms. The first kappa shape index (κ1) is 14.3. The lowest BCUT2D eigenvalue weighted by molar-refractivity contribution is -0.137. The van der Waals surface area contributed by atoms with E-state index in [1.165, 1.54) is 6.07 Å². The number of rotatable bonds is 2. The highest BCUT2D eigenvalue weighted by Gasteiger charge is 2.34. The third-order valence-corrected chi connectivity index (χ3v) is 3.04. The van der Waals surface area contributed by atoms with E-state index in [0.29, 0.717) is 12.2 Å². The second-order valence-electron chi connectivity index (χ2n) is 4.32. The molecule has 106 valence electrons. The van der Waals surface area contributed by atoms with Crippen LogP contribution < -0.4 is 4.90 Å².